The molecule has 19 heavy (non-hydrogen) atoms. The average molecular weight is 275 g/mol. The molecule has 1 unspecified atom stereocenters. The van der Waals surface area contributed by atoms with Crippen LogP contribution in [0.2, 0.25) is 0 Å². The largest absolute Gasteiger partial charge is 0.331 e. The first-order valence-corrected chi connectivity index (χ1v) is 7.23. The van der Waals surface area contributed by atoms with E-state index in [-0.39, 0.29) is 0 Å². The van der Waals surface area contributed by atoms with E-state index in [0.717, 1.165) is 24.4 Å². The number of benzene rings is 1. The molecule has 0 saturated heterocycles. The van der Waals surface area contributed by atoms with Gasteiger partial charge in [0.1, 0.15) is 0 Å². The van der Waals surface area contributed by atoms with Crippen LogP contribution in [0.5, 0.6) is 0 Å². The predicted octanol–water partition coefficient (Wildman–Crippen LogP) is 3.85. The lowest BCUT2D eigenvalue weighted by molar-refractivity contribution is 0.498. The second kappa shape index (κ2) is 6.66. The molecule has 0 spiro atoms. The minimum absolute atomic E-state index is 0.552. The quantitative estimate of drug-likeness (QED) is 0.636. The second-order valence-electron chi connectivity index (χ2n) is 5.31. The molecule has 4 heteroatoms. The van der Waals surface area contributed by atoms with Gasteiger partial charge in [-0.2, -0.15) is 5.10 Å². The molecule has 2 rings (SSSR count). The summed E-state index contributed by atoms with van der Waals surface area (Å²) in [4.78, 5) is 0. The van der Waals surface area contributed by atoms with E-state index < -0.39 is 0 Å². The molecule has 2 N–H and O–H groups in total. The Morgan fingerprint density at radius 3 is 3.00 bits per heavy atom. The molecule has 3 nitrogen and oxygen atoms in total. The van der Waals surface area contributed by atoms with E-state index in [4.69, 9.17) is 12.2 Å². The molecule has 0 bridgehead atoms. The zero-order chi connectivity index (χ0) is 13.7. The van der Waals surface area contributed by atoms with Crippen molar-refractivity contribution < 1.29 is 0 Å². The third kappa shape index (κ3) is 4.63. The van der Waals surface area contributed by atoms with Crippen LogP contribution >= 0.6 is 12.2 Å². The summed E-state index contributed by atoms with van der Waals surface area (Å²) in [6.45, 7) is 4.34. The number of hydrogen-bond donors (Lipinski definition) is 2. The fraction of sp³-hybridized carbons (Fsp3) is 0.467. The Bertz CT molecular complexity index is 482. The van der Waals surface area contributed by atoms with Crippen LogP contribution in [0, 0.1) is 12.8 Å². The van der Waals surface area contributed by atoms with Gasteiger partial charge in [-0.3, -0.25) is 5.43 Å². The molecular weight excluding hydrogens is 254 g/mol. The van der Waals surface area contributed by atoms with Crippen LogP contribution in [0.25, 0.3) is 0 Å². The van der Waals surface area contributed by atoms with Gasteiger partial charge < -0.3 is 5.32 Å². The number of hydrogen-bond acceptors (Lipinski definition) is 2. The smallest absolute Gasteiger partial charge is 0.191 e. The molecular formula is C15H21N3S. The van der Waals surface area contributed by atoms with Crippen molar-refractivity contribution in [3.63, 3.8) is 0 Å². The van der Waals surface area contributed by atoms with Crippen LogP contribution in [0.4, 0.5) is 5.69 Å². The zero-order valence-electron chi connectivity index (χ0n) is 11.6. The van der Waals surface area contributed by atoms with E-state index in [0.29, 0.717) is 5.11 Å². The Morgan fingerprint density at radius 2 is 2.26 bits per heavy atom. The highest BCUT2D eigenvalue weighted by atomic mass is 32.1. The van der Waals surface area contributed by atoms with E-state index in [1.807, 2.05) is 12.1 Å². The summed E-state index contributed by atoms with van der Waals surface area (Å²) >= 11 is 5.25. The van der Waals surface area contributed by atoms with Gasteiger partial charge in [-0.1, -0.05) is 19.1 Å². The van der Waals surface area contributed by atoms with E-state index in [1.165, 1.54) is 24.1 Å². The predicted molar refractivity (Wildman–Crippen MR) is 85.6 cm³/mol. The normalized spacial score (nSPS) is 21.2. The monoisotopic (exact) mass is 275 g/mol. The summed E-state index contributed by atoms with van der Waals surface area (Å²) in [7, 11) is 0. The van der Waals surface area contributed by atoms with Crippen LogP contribution in [0.3, 0.4) is 0 Å². The number of nitrogens with one attached hydrogen (secondary N) is 2. The van der Waals surface area contributed by atoms with E-state index in [2.05, 4.69) is 41.8 Å². The van der Waals surface area contributed by atoms with E-state index >= 15 is 0 Å². The molecule has 1 aliphatic rings. The highest BCUT2D eigenvalue weighted by Gasteiger charge is 2.13. The van der Waals surface area contributed by atoms with Crippen LogP contribution in [-0.2, 0) is 0 Å². The lowest BCUT2D eigenvalue weighted by Gasteiger charge is -2.19. The Labute approximate surface area is 120 Å². The van der Waals surface area contributed by atoms with Crippen molar-refractivity contribution in [2.75, 3.05) is 5.32 Å². The summed E-state index contributed by atoms with van der Waals surface area (Å²) < 4.78 is 0. The van der Waals surface area contributed by atoms with Gasteiger partial charge in [-0.05, 0) is 68.4 Å². The third-order valence-corrected chi connectivity index (χ3v) is 3.53. The van der Waals surface area contributed by atoms with Gasteiger partial charge in [-0.15, -0.1) is 0 Å². The van der Waals surface area contributed by atoms with E-state index in [1.54, 1.807) is 0 Å². The van der Waals surface area contributed by atoms with Crippen molar-refractivity contribution in [1.82, 2.24) is 5.43 Å². The first-order valence-electron chi connectivity index (χ1n) is 6.82. The lowest BCUT2D eigenvalue weighted by atomic mass is 9.89. The summed E-state index contributed by atoms with van der Waals surface area (Å²) in [6.07, 6.45) is 4.72. The highest BCUT2D eigenvalue weighted by Crippen LogP contribution is 2.20. The number of thiocarbonyl (C=S) groups is 1. The average Bonchev–Trinajstić information content (AvgIpc) is 2.36. The van der Waals surface area contributed by atoms with Crippen molar-refractivity contribution >= 4 is 28.7 Å². The molecule has 1 saturated carbocycles. The molecule has 1 aromatic rings. The molecule has 0 aromatic heterocycles. The third-order valence-electron chi connectivity index (χ3n) is 3.34. The minimum atomic E-state index is 0.552. The maximum absolute atomic E-state index is 5.25. The zero-order valence-corrected chi connectivity index (χ0v) is 12.4. The molecule has 1 atom stereocenters. The van der Waals surface area contributed by atoms with Crippen LogP contribution < -0.4 is 10.7 Å². The maximum Gasteiger partial charge on any atom is 0.191 e. The summed E-state index contributed by atoms with van der Waals surface area (Å²) in [6, 6.07) is 8.13. The van der Waals surface area contributed by atoms with Gasteiger partial charge in [0.05, 0.1) is 0 Å². The topological polar surface area (TPSA) is 36.4 Å². The molecule has 0 radical (unpaired) electrons. The van der Waals surface area contributed by atoms with E-state index in [9.17, 15) is 0 Å². The molecule has 102 valence electrons. The number of hydrazone groups is 1. The lowest BCUT2D eigenvalue weighted by Crippen LogP contribution is -2.26. The molecule has 1 aromatic carbocycles. The van der Waals surface area contributed by atoms with Gasteiger partial charge in [0.15, 0.2) is 5.11 Å². The van der Waals surface area contributed by atoms with Crippen molar-refractivity contribution in [3.05, 3.63) is 29.8 Å². The summed E-state index contributed by atoms with van der Waals surface area (Å²) in [5.41, 5.74) is 6.38. The van der Waals surface area contributed by atoms with Gasteiger partial charge in [0.25, 0.3) is 0 Å². The molecule has 1 aliphatic carbocycles. The first-order chi connectivity index (χ1) is 9.13. The maximum atomic E-state index is 5.25. The molecule has 0 aliphatic heterocycles. The van der Waals surface area contributed by atoms with Crippen molar-refractivity contribution in [3.8, 4) is 0 Å². The first kappa shape index (κ1) is 14.0. The van der Waals surface area contributed by atoms with Crippen molar-refractivity contribution in [2.45, 2.75) is 39.5 Å². The molecule has 0 heterocycles. The minimum Gasteiger partial charge on any atom is -0.331 e. The van der Waals surface area contributed by atoms with Crippen molar-refractivity contribution in [2.24, 2.45) is 11.0 Å². The van der Waals surface area contributed by atoms with Crippen LogP contribution in [0.15, 0.2) is 29.4 Å². The Morgan fingerprint density at radius 1 is 1.42 bits per heavy atom. The fourth-order valence-corrected chi connectivity index (χ4v) is 2.54. The van der Waals surface area contributed by atoms with Gasteiger partial charge in [0, 0.05) is 11.4 Å². The summed E-state index contributed by atoms with van der Waals surface area (Å²) in [5, 5.41) is 8.11. The fourth-order valence-electron chi connectivity index (χ4n) is 2.37. The number of anilines is 1. The van der Waals surface area contributed by atoms with Crippen LogP contribution in [0.1, 0.15) is 38.2 Å². The number of nitrogens with zero attached hydrogens (tertiary/aromatic N) is 1. The van der Waals surface area contributed by atoms with Crippen molar-refractivity contribution in [1.29, 1.82) is 0 Å². The van der Waals surface area contributed by atoms with Gasteiger partial charge in [0.2, 0.25) is 0 Å². The highest BCUT2D eigenvalue weighted by molar-refractivity contribution is 7.80. The summed E-state index contributed by atoms with van der Waals surface area (Å²) in [5.74, 6) is 0.743. The second-order valence-corrected chi connectivity index (χ2v) is 5.72. The van der Waals surface area contributed by atoms with Gasteiger partial charge >= 0.3 is 0 Å². The Hall–Kier alpha value is -1.42. The molecule has 0 amide bonds. The Balaban J connectivity index is 1.86. The Kier molecular flexibility index (Phi) is 4.91. The SMILES string of the molecule is Cc1cccc(NC(=S)N/N=C2/CCCC(C)C2)c1. The number of aryl methyl sites for hydroxylation is 1. The standard InChI is InChI=1S/C15H21N3S/c1-11-5-3-7-13(9-11)16-15(19)18-17-14-8-4-6-12(2)10-14/h3,5,7,9,12H,4,6,8,10H2,1-2H3,(H2,16,18,19)/b17-14-. The molecule has 1 fully saturated rings. The van der Waals surface area contributed by atoms with Crippen LogP contribution in [-0.4, -0.2) is 10.8 Å². The number of rotatable bonds is 2. The van der Waals surface area contributed by atoms with Gasteiger partial charge in [-0.25, -0.2) is 0 Å².